The highest BCUT2D eigenvalue weighted by Crippen LogP contribution is 2.39. The summed E-state index contributed by atoms with van der Waals surface area (Å²) in [4.78, 5) is 0. The summed E-state index contributed by atoms with van der Waals surface area (Å²) in [5.41, 5.74) is 6.61. The van der Waals surface area contributed by atoms with Crippen molar-refractivity contribution in [2.45, 2.75) is 53.6 Å². The minimum absolute atomic E-state index is 0.664. The number of fused-ring (bicyclic) bond motifs is 3. The summed E-state index contributed by atoms with van der Waals surface area (Å²) >= 11 is 0. The highest BCUT2D eigenvalue weighted by Gasteiger charge is 2.21. The van der Waals surface area contributed by atoms with Crippen molar-refractivity contribution in [3.05, 3.63) is 53.1 Å². The second kappa shape index (κ2) is 8.89. The lowest BCUT2D eigenvalue weighted by Crippen LogP contribution is -2.09. The SMILES string of the molecule is CC.CC.Cc1ccc2c(c1)OCc1ccc(C3CCNC3)cc1-2. The first-order valence-corrected chi connectivity index (χ1v) is 9.38. The number of hydrogen-bond donors (Lipinski definition) is 1. The van der Waals surface area contributed by atoms with Crippen LogP contribution in [0, 0.1) is 6.92 Å². The van der Waals surface area contributed by atoms with Gasteiger partial charge in [0.05, 0.1) is 0 Å². The van der Waals surface area contributed by atoms with Gasteiger partial charge in [0.1, 0.15) is 12.4 Å². The molecule has 1 atom stereocenters. The number of aryl methyl sites for hydroxylation is 1. The van der Waals surface area contributed by atoms with Crippen LogP contribution in [0.3, 0.4) is 0 Å². The summed E-state index contributed by atoms with van der Waals surface area (Å²) in [5.74, 6) is 1.69. The lowest BCUT2D eigenvalue weighted by Gasteiger charge is -2.23. The molecular formula is C22H31NO. The molecule has 0 saturated carbocycles. The molecule has 1 N–H and O–H groups in total. The molecular weight excluding hydrogens is 294 g/mol. The highest BCUT2D eigenvalue weighted by atomic mass is 16.5. The summed E-state index contributed by atoms with van der Waals surface area (Å²) in [6.07, 6.45) is 1.25. The average molecular weight is 325 g/mol. The van der Waals surface area contributed by atoms with E-state index >= 15 is 0 Å². The van der Waals surface area contributed by atoms with E-state index < -0.39 is 0 Å². The second-order valence-corrected chi connectivity index (χ2v) is 5.89. The third-order valence-corrected chi connectivity index (χ3v) is 4.48. The van der Waals surface area contributed by atoms with E-state index in [2.05, 4.69) is 48.6 Å². The van der Waals surface area contributed by atoms with E-state index in [1.165, 1.54) is 34.2 Å². The Morgan fingerprint density at radius 2 is 1.75 bits per heavy atom. The maximum Gasteiger partial charge on any atom is 0.127 e. The Labute approximate surface area is 147 Å². The van der Waals surface area contributed by atoms with Crippen molar-refractivity contribution in [1.29, 1.82) is 0 Å². The summed E-state index contributed by atoms with van der Waals surface area (Å²) in [6, 6.07) is 13.4. The molecule has 2 heterocycles. The first kappa shape index (κ1) is 18.5. The van der Waals surface area contributed by atoms with Crippen molar-refractivity contribution in [2.75, 3.05) is 13.1 Å². The molecule has 4 rings (SSSR count). The van der Waals surface area contributed by atoms with Gasteiger partial charge in [-0.2, -0.15) is 0 Å². The Morgan fingerprint density at radius 1 is 0.958 bits per heavy atom. The van der Waals surface area contributed by atoms with E-state index in [9.17, 15) is 0 Å². The molecule has 2 aromatic carbocycles. The van der Waals surface area contributed by atoms with Crippen LogP contribution in [0.25, 0.3) is 11.1 Å². The number of benzene rings is 2. The zero-order valence-electron chi connectivity index (χ0n) is 15.8. The molecule has 0 radical (unpaired) electrons. The lowest BCUT2D eigenvalue weighted by molar-refractivity contribution is 0.302. The molecule has 2 aliphatic rings. The van der Waals surface area contributed by atoms with E-state index in [-0.39, 0.29) is 0 Å². The predicted octanol–water partition coefficient (Wildman–Crippen LogP) is 5.68. The van der Waals surface area contributed by atoms with Crippen molar-refractivity contribution in [2.24, 2.45) is 0 Å². The van der Waals surface area contributed by atoms with Crippen molar-refractivity contribution < 1.29 is 4.74 Å². The van der Waals surface area contributed by atoms with Gasteiger partial charge >= 0.3 is 0 Å². The quantitative estimate of drug-likeness (QED) is 0.728. The summed E-state index contributed by atoms with van der Waals surface area (Å²) in [5, 5.41) is 3.45. The summed E-state index contributed by atoms with van der Waals surface area (Å²) in [6.45, 7) is 13.0. The molecule has 0 aliphatic carbocycles. The normalized spacial score (nSPS) is 17.3. The highest BCUT2D eigenvalue weighted by molar-refractivity contribution is 5.76. The molecule has 2 aliphatic heterocycles. The standard InChI is InChI=1S/C18H19NO.2C2H6/c1-12-2-5-16-17-9-13(14-6-7-19-10-14)3-4-15(17)11-20-18(16)8-12;2*1-2/h2-5,8-9,14,19H,6-7,10-11H2,1H3;2*1-2H3. The van der Waals surface area contributed by atoms with Crippen LogP contribution in [0.1, 0.15) is 56.7 Å². The third-order valence-electron chi connectivity index (χ3n) is 4.48. The molecule has 130 valence electrons. The van der Waals surface area contributed by atoms with Gasteiger partial charge in [0.15, 0.2) is 0 Å². The van der Waals surface area contributed by atoms with Crippen molar-refractivity contribution in [3.8, 4) is 16.9 Å². The van der Waals surface area contributed by atoms with Gasteiger partial charge in [0, 0.05) is 12.1 Å². The van der Waals surface area contributed by atoms with Gasteiger partial charge < -0.3 is 10.1 Å². The Bertz CT molecular complexity index is 657. The molecule has 2 aromatic rings. The number of rotatable bonds is 1. The Kier molecular flexibility index (Phi) is 6.86. The summed E-state index contributed by atoms with van der Waals surface area (Å²) < 4.78 is 5.88. The molecule has 1 unspecified atom stereocenters. The maximum absolute atomic E-state index is 5.88. The second-order valence-electron chi connectivity index (χ2n) is 5.89. The van der Waals surface area contributed by atoms with Gasteiger partial charge in [-0.1, -0.05) is 58.0 Å². The maximum atomic E-state index is 5.88. The van der Waals surface area contributed by atoms with Crippen molar-refractivity contribution in [1.82, 2.24) is 5.32 Å². The fourth-order valence-corrected chi connectivity index (χ4v) is 3.29. The Balaban J connectivity index is 0.000000487. The van der Waals surface area contributed by atoms with Crippen molar-refractivity contribution >= 4 is 0 Å². The van der Waals surface area contributed by atoms with Gasteiger partial charge in [0.2, 0.25) is 0 Å². The van der Waals surface area contributed by atoms with E-state index in [1.54, 1.807) is 0 Å². The largest absolute Gasteiger partial charge is 0.488 e. The first-order chi connectivity index (χ1) is 11.8. The zero-order valence-corrected chi connectivity index (χ0v) is 15.8. The first-order valence-electron chi connectivity index (χ1n) is 9.38. The van der Waals surface area contributed by atoms with E-state index in [0.717, 1.165) is 18.8 Å². The molecule has 24 heavy (non-hydrogen) atoms. The Hall–Kier alpha value is -1.80. The van der Waals surface area contributed by atoms with Crippen LogP contribution >= 0.6 is 0 Å². The van der Waals surface area contributed by atoms with E-state index in [4.69, 9.17) is 4.74 Å². The topological polar surface area (TPSA) is 21.3 Å². The van der Waals surface area contributed by atoms with E-state index in [0.29, 0.717) is 12.5 Å². The van der Waals surface area contributed by atoms with Gasteiger partial charge in [-0.25, -0.2) is 0 Å². The minimum atomic E-state index is 0.664. The molecule has 1 fully saturated rings. The van der Waals surface area contributed by atoms with Gasteiger partial charge in [0.25, 0.3) is 0 Å². The van der Waals surface area contributed by atoms with Crippen LogP contribution in [-0.2, 0) is 6.61 Å². The molecule has 0 bridgehead atoms. The average Bonchev–Trinajstić information content (AvgIpc) is 3.19. The molecule has 2 heteroatoms. The molecule has 1 saturated heterocycles. The predicted molar refractivity (Wildman–Crippen MR) is 104 cm³/mol. The fraction of sp³-hybridized carbons (Fsp3) is 0.455. The molecule has 0 aromatic heterocycles. The van der Waals surface area contributed by atoms with Crippen LogP contribution in [0.4, 0.5) is 0 Å². The zero-order chi connectivity index (χ0) is 17.5. The Morgan fingerprint density at radius 3 is 2.46 bits per heavy atom. The summed E-state index contributed by atoms with van der Waals surface area (Å²) in [7, 11) is 0. The number of ether oxygens (including phenoxy) is 1. The van der Waals surface area contributed by atoms with Crippen LogP contribution in [0.2, 0.25) is 0 Å². The minimum Gasteiger partial charge on any atom is -0.488 e. The fourth-order valence-electron chi connectivity index (χ4n) is 3.29. The van der Waals surface area contributed by atoms with Gasteiger partial charge in [-0.3, -0.25) is 0 Å². The van der Waals surface area contributed by atoms with Crippen LogP contribution in [0.15, 0.2) is 36.4 Å². The van der Waals surface area contributed by atoms with Gasteiger partial charge in [-0.15, -0.1) is 0 Å². The monoisotopic (exact) mass is 325 g/mol. The molecule has 0 amide bonds. The number of hydrogen-bond acceptors (Lipinski definition) is 2. The molecule has 2 nitrogen and oxygen atoms in total. The molecule has 0 spiro atoms. The smallest absolute Gasteiger partial charge is 0.127 e. The van der Waals surface area contributed by atoms with Crippen LogP contribution < -0.4 is 10.1 Å². The third kappa shape index (κ3) is 3.81. The van der Waals surface area contributed by atoms with Crippen LogP contribution in [0.5, 0.6) is 5.75 Å². The van der Waals surface area contributed by atoms with Crippen molar-refractivity contribution in [3.63, 3.8) is 0 Å². The van der Waals surface area contributed by atoms with Gasteiger partial charge in [-0.05, 0) is 54.1 Å². The lowest BCUT2D eigenvalue weighted by atomic mass is 9.90. The number of nitrogens with one attached hydrogen (secondary N) is 1. The van der Waals surface area contributed by atoms with E-state index in [1.807, 2.05) is 27.7 Å². The van der Waals surface area contributed by atoms with Crippen LogP contribution in [-0.4, -0.2) is 13.1 Å².